The maximum absolute atomic E-state index is 12.8. The van der Waals surface area contributed by atoms with E-state index in [9.17, 15) is 9.59 Å². The summed E-state index contributed by atoms with van der Waals surface area (Å²) in [5.41, 5.74) is 0. The van der Waals surface area contributed by atoms with E-state index in [4.69, 9.17) is 9.90 Å². The zero-order chi connectivity index (χ0) is 22.3. The monoisotopic (exact) mass is 435 g/mol. The lowest BCUT2D eigenvalue weighted by molar-refractivity contribution is -0.131. The maximum Gasteiger partial charge on any atom is 0.290 e. The number of hydrogen-bond donors (Lipinski definition) is 2. The van der Waals surface area contributed by atoms with Crippen LogP contribution in [0.5, 0.6) is 0 Å². The van der Waals surface area contributed by atoms with Crippen LogP contribution < -0.4 is 5.32 Å². The standard InChI is InChI=1S/C21H35N5O2.CH2O2/c27-20-18-19-8-1-3-12-24(19)14-7-15-25(13-4-2-10-22-20)21(28)9-5-16-26-17-6-11-23-26;2-1-3/h6,11,17,19H,1-5,7-10,12-16,18H2,(H,22,27);1H,(H,2,3). The zero-order valence-corrected chi connectivity index (χ0v) is 18.5. The maximum atomic E-state index is 12.8. The minimum Gasteiger partial charge on any atom is -0.483 e. The van der Waals surface area contributed by atoms with Gasteiger partial charge in [-0.15, -0.1) is 0 Å². The van der Waals surface area contributed by atoms with Crippen LogP contribution in [-0.2, 0) is 20.9 Å². The van der Waals surface area contributed by atoms with Crippen molar-refractivity contribution in [2.24, 2.45) is 0 Å². The van der Waals surface area contributed by atoms with Gasteiger partial charge in [0.25, 0.3) is 6.47 Å². The van der Waals surface area contributed by atoms with Crippen molar-refractivity contribution in [1.29, 1.82) is 0 Å². The molecule has 2 fully saturated rings. The number of carboxylic acid groups (broad SMARTS) is 1. The first-order chi connectivity index (χ1) is 15.1. The van der Waals surface area contributed by atoms with Gasteiger partial charge in [0, 0.05) is 64.0 Å². The van der Waals surface area contributed by atoms with E-state index in [0.29, 0.717) is 25.4 Å². The van der Waals surface area contributed by atoms with Crippen LogP contribution in [0.15, 0.2) is 18.5 Å². The molecule has 1 aromatic heterocycles. The molecule has 1 aromatic rings. The average molecular weight is 436 g/mol. The average Bonchev–Trinajstić information content (AvgIpc) is 3.27. The molecule has 174 valence electrons. The van der Waals surface area contributed by atoms with Crippen LogP contribution in [0.4, 0.5) is 0 Å². The lowest BCUT2D eigenvalue weighted by Gasteiger charge is -2.35. The Morgan fingerprint density at radius 3 is 2.68 bits per heavy atom. The number of nitrogens with zero attached hydrogens (tertiary/aromatic N) is 4. The van der Waals surface area contributed by atoms with Crippen LogP contribution in [0.25, 0.3) is 0 Å². The van der Waals surface area contributed by atoms with Crippen LogP contribution in [0.3, 0.4) is 0 Å². The molecular weight excluding hydrogens is 398 g/mol. The van der Waals surface area contributed by atoms with Crippen molar-refractivity contribution in [2.75, 3.05) is 32.7 Å². The molecule has 3 rings (SSSR count). The first-order valence-electron chi connectivity index (χ1n) is 11.5. The minimum absolute atomic E-state index is 0.183. The van der Waals surface area contributed by atoms with E-state index >= 15 is 0 Å². The first kappa shape index (κ1) is 24.8. The normalized spacial score (nSPS) is 21.2. The number of rotatable bonds is 4. The molecule has 1 atom stereocenters. The fourth-order valence-corrected chi connectivity index (χ4v) is 4.34. The Bertz CT molecular complexity index is 652. The second-order valence-electron chi connectivity index (χ2n) is 8.16. The van der Waals surface area contributed by atoms with Crippen molar-refractivity contribution in [1.82, 2.24) is 24.9 Å². The summed E-state index contributed by atoms with van der Waals surface area (Å²) in [6.45, 7) is 4.93. The van der Waals surface area contributed by atoms with Crippen molar-refractivity contribution < 1.29 is 19.5 Å². The molecule has 2 aliphatic rings. The molecule has 0 spiro atoms. The molecule has 2 aliphatic heterocycles. The predicted molar refractivity (Wildman–Crippen MR) is 117 cm³/mol. The van der Waals surface area contributed by atoms with Crippen molar-refractivity contribution in [2.45, 2.75) is 70.4 Å². The van der Waals surface area contributed by atoms with E-state index in [0.717, 1.165) is 64.8 Å². The predicted octanol–water partition coefficient (Wildman–Crippen LogP) is 1.74. The number of carbonyl (C=O) groups excluding carboxylic acids is 2. The van der Waals surface area contributed by atoms with Crippen LogP contribution in [0, 0.1) is 0 Å². The highest BCUT2D eigenvalue weighted by molar-refractivity contribution is 5.76. The van der Waals surface area contributed by atoms with Gasteiger partial charge in [-0.3, -0.25) is 24.0 Å². The van der Waals surface area contributed by atoms with Crippen LogP contribution in [0.1, 0.15) is 57.8 Å². The van der Waals surface area contributed by atoms with Gasteiger partial charge in [-0.25, -0.2) is 0 Å². The van der Waals surface area contributed by atoms with E-state index in [1.54, 1.807) is 6.20 Å². The highest BCUT2D eigenvalue weighted by atomic mass is 16.3. The highest BCUT2D eigenvalue weighted by Crippen LogP contribution is 2.20. The lowest BCUT2D eigenvalue weighted by Crippen LogP contribution is -2.44. The third-order valence-electron chi connectivity index (χ3n) is 5.91. The van der Waals surface area contributed by atoms with Gasteiger partial charge in [0.15, 0.2) is 0 Å². The largest absolute Gasteiger partial charge is 0.483 e. The molecule has 0 aromatic carbocycles. The summed E-state index contributed by atoms with van der Waals surface area (Å²) >= 11 is 0. The summed E-state index contributed by atoms with van der Waals surface area (Å²) in [6.07, 6.45) is 12.1. The molecule has 2 N–H and O–H groups in total. The number of amides is 2. The fourth-order valence-electron chi connectivity index (χ4n) is 4.34. The quantitative estimate of drug-likeness (QED) is 0.698. The molecule has 0 saturated carbocycles. The first-order valence-corrected chi connectivity index (χ1v) is 11.5. The Hall–Kier alpha value is -2.42. The topological polar surface area (TPSA) is 108 Å². The molecule has 31 heavy (non-hydrogen) atoms. The smallest absolute Gasteiger partial charge is 0.290 e. The molecule has 0 bridgehead atoms. The van der Waals surface area contributed by atoms with Gasteiger partial charge in [-0.05, 0) is 51.1 Å². The number of aryl methyl sites for hydroxylation is 1. The molecule has 9 heteroatoms. The highest BCUT2D eigenvalue weighted by Gasteiger charge is 2.25. The fraction of sp³-hybridized carbons (Fsp3) is 0.727. The van der Waals surface area contributed by atoms with E-state index in [-0.39, 0.29) is 18.3 Å². The van der Waals surface area contributed by atoms with Crippen molar-refractivity contribution in [3.8, 4) is 0 Å². The molecule has 0 radical (unpaired) electrons. The third-order valence-corrected chi connectivity index (χ3v) is 5.91. The van der Waals surface area contributed by atoms with Crippen molar-refractivity contribution in [3.05, 3.63) is 18.5 Å². The number of fused-ring (bicyclic) bond motifs is 1. The summed E-state index contributed by atoms with van der Waals surface area (Å²) in [7, 11) is 0. The Labute approximate surface area is 184 Å². The molecular formula is C22H37N5O4. The second kappa shape index (κ2) is 14.6. The summed E-state index contributed by atoms with van der Waals surface area (Å²) in [5, 5.41) is 14.2. The van der Waals surface area contributed by atoms with Crippen molar-refractivity contribution >= 4 is 18.3 Å². The van der Waals surface area contributed by atoms with Gasteiger partial charge in [-0.1, -0.05) is 6.42 Å². The van der Waals surface area contributed by atoms with Gasteiger partial charge < -0.3 is 15.3 Å². The number of nitrogens with one attached hydrogen (secondary N) is 1. The van der Waals surface area contributed by atoms with Crippen LogP contribution in [-0.4, -0.2) is 81.7 Å². The molecule has 2 amide bonds. The number of hydrogen-bond acceptors (Lipinski definition) is 5. The van der Waals surface area contributed by atoms with Crippen LogP contribution in [0.2, 0.25) is 0 Å². The molecule has 3 heterocycles. The third kappa shape index (κ3) is 9.50. The lowest BCUT2D eigenvalue weighted by atomic mass is 9.98. The molecule has 9 nitrogen and oxygen atoms in total. The minimum atomic E-state index is -0.250. The molecule has 2 saturated heterocycles. The Kier molecular flexibility index (Phi) is 11.7. The van der Waals surface area contributed by atoms with Crippen LogP contribution >= 0.6 is 0 Å². The second-order valence-corrected chi connectivity index (χ2v) is 8.16. The molecule has 1 unspecified atom stereocenters. The van der Waals surface area contributed by atoms with Gasteiger partial charge in [0.2, 0.25) is 11.8 Å². The summed E-state index contributed by atoms with van der Waals surface area (Å²) < 4.78 is 1.88. The SMILES string of the molecule is O=C1CC2CCCCN2CCCN(C(=O)CCCn2cccn2)CCCCN1.O=CO. The number of piperidine rings is 1. The van der Waals surface area contributed by atoms with Gasteiger partial charge in [-0.2, -0.15) is 5.10 Å². The van der Waals surface area contributed by atoms with E-state index in [1.165, 1.54) is 12.8 Å². The Morgan fingerprint density at radius 1 is 1.16 bits per heavy atom. The zero-order valence-electron chi connectivity index (χ0n) is 18.5. The number of aromatic nitrogens is 2. The van der Waals surface area contributed by atoms with Gasteiger partial charge in [0.1, 0.15) is 0 Å². The Morgan fingerprint density at radius 2 is 1.90 bits per heavy atom. The van der Waals surface area contributed by atoms with E-state index in [1.807, 2.05) is 21.8 Å². The summed E-state index contributed by atoms with van der Waals surface area (Å²) in [4.78, 5) is 37.9. The van der Waals surface area contributed by atoms with E-state index in [2.05, 4.69) is 15.3 Å². The van der Waals surface area contributed by atoms with Gasteiger partial charge >= 0.3 is 0 Å². The molecule has 0 aliphatic carbocycles. The number of carbonyl (C=O) groups is 3. The summed E-state index contributed by atoms with van der Waals surface area (Å²) in [5.74, 6) is 0.434. The van der Waals surface area contributed by atoms with E-state index < -0.39 is 0 Å². The van der Waals surface area contributed by atoms with Crippen molar-refractivity contribution in [3.63, 3.8) is 0 Å². The van der Waals surface area contributed by atoms with Gasteiger partial charge in [0.05, 0.1) is 0 Å². The summed E-state index contributed by atoms with van der Waals surface area (Å²) in [6, 6.07) is 2.28. The Balaban J connectivity index is 0.00000107.